The van der Waals surface area contributed by atoms with E-state index in [9.17, 15) is 9.59 Å². The fraction of sp³-hybridized carbons (Fsp3) is 0.263. The van der Waals surface area contributed by atoms with Crippen molar-refractivity contribution in [3.05, 3.63) is 58.6 Å². The van der Waals surface area contributed by atoms with Gasteiger partial charge in [-0.1, -0.05) is 23.7 Å². The predicted octanol–water partition coefficient (Wildman–Crippen LogP) is 4.66. The van der Waals surface area contributed by atoms with Gasteiger partial charge in [0.05, 0.1) is 11.0 Å². The van der Waals surface area contributed by atoms with Crippen molar-refractivity contribution in [1.82, 2.24) is 0 Å². The van der Waals surface area contributed by atoms with Crippen molar-refractivity contribution in [1.29, 1.82) is 0 Å². The van der Waals surface area contributed by atoms with Crippen molar-refractivity contribution in [2.24, 2.45) is 0 Å². The van der Waals surface area contributed by atoms with Gasteiger partial charge >= 0.3 is 0 Å². The summed E-state index contributed by atoms with van der Waals surface area (Å²) in [6, 6.07) is 12.7. The van der Waals surface area contributed by atoms with Gasteiger partial charge in [-0.2, -0.15) is 0 Å². The van der Waals surface area contributed by atoms with E-state index in [-0.39, 0.29) is 22.8 Å². The number of carbonyl (C=O) groups excluding carboxylic acids is 2. The van der Waals surface area contributed by atoms with Crippen molar-refractivity contribution in [3.63, 3.8) is 0 Å². The summed E-state index contributed by atoms with van der Waals surface area (Å²) >= 11 is 7.11. The number of hydrogen-bond acceptors (Lipinski definition) is 3. The Morgan fingerprint density at radius 2 is 1.76 bits per heavy atom. The first kappa shape index (κ1) is 19.3. The summed E-state index contributed by atoms with van der Waals surface area (Å²) in [7, 11) is 0. The van der Waals surface area contributed by atoms with Crippen LogP contribution >= 0.6 is 23.4 Å². The van der Waals surface area contributed by atoms with Crippen LogP contribution < -0.4 is 10.6 Å². The maximum atomic E-state index is 12.3. The molecule has 0 heterocycles. The molecule has 0 saturated heterocycles. The van der Waals surface area contributed by atoms with E-state index in [1.165, 1.54) is 11.8 Å². The fourth-order valence-corrected chi connectivity index (χ4v) is 2.94. The smallest absolute Gasteiger partial charge is 0.237 e. The number of hydrogen-bond donors (Lipinski definition) is 2. The monoisotopic (exact) mass is 376 g/mol. The molecule has 6 heteroatoms. The van der Waals surface area contributed by atoms with Gasteiger partial charge in [-0.05, 0) is 62.2 Å². The fourth-order valence-electron chi connectivity index (χ4n) is 2.13. The first-order valence-electron chi connectivity index (χ1n) is 7.91. The van der Waals surface area contributed by atoms with Gasteiger partial charge in [0.2, 0.25) is 11.8 Å². The van der Waals surface area contributed by atoms with Gasteiger partial charge in [-0.25, -0.2) is 0 Å². The summed E-state index contributed by atoms with van der Waals surface area (Å²) in [5, 5.41) is 5.98. The summed E-state index contributed by atoms with van der Waals surface area (Å²) in [5.74, 6) is -0.0685. The van der Waals surface area contributed by atoms with Crippen molar-refractivity contribution in [2.75, 3.05) is 16.4 Å². The Kier molecular flexibility index (Phi) is 6.91. The molecule has 0 aliphatic heterocycles. The zero-order valence-electron chi connectivity index (χ0n) is 14.4. The van der Waals surface area contributed by atoms with E-state index in [4.69, 9.17) is 11.6 Å². The molecule has 1 unspecified atom stereocenters. The van der Waals surface area contributed by atoms with Gasteiger partial charge in [0, 0.05) is 16.4 Å². The van der Waals surface area contributed by atoms with Crippen LogP contribution in [0.5, 0.6) is 0 Å². The maximum absolute atomic E-state index is 12.3. The molecule has 2 amide bonds. The van der Waals surface area contributed by atoms with Gasteiger partial charge in [-0.15, -0.1) is 11.8 Å². The second kappa shape index (κ2) is 8.92. The first-order valence-corrected chi connectivity index (χ1v) is 9.33. The second-order valence-electron chi connectivity index (χ2n) is 5.75. The van der Waals surface area contributed by atoms with Crippen molar-refractivity contribution in [2.45, 2.75) is 26.0 Å². The van der Waals surface area contributed by atoms with Crippen molar-refractivity contribution < 1.29 is 9.59 Å². The summed E-state index contributed by atoms with van der Waals surface area (Å²) in [6.45, 7) is 5.77. The predicted molar refractivity (Wildman–Crippen MR) is 107 cm³/mol. The molecular weight excluding hydrogens is 356 g/mol. The Labute approximate surface area is 157 Å². The lowest BCUT2D eigenvalue weighted by atomic mass is 10.1. The third kappa shape index (κ3) is 5.80. The number of halogens is 1. The van der Waals surface area contributed by atoms with Crippen LogP contribution in [0.4, 0.5) is 11.4 Å². The average molecular weight is 377 g/mol. The Morgan fingerprint density at radius 3 is 2.44 bits per heavy atom. The molecule has 132 valence electrons. The van der Waals surface area contributed by atoms with E-state index < -0.39 is 0 Å². The average Bonchev–Trinajstić information content (AvgIpc) is 2.58. The zero-order chi connectivity index (χ0) is 18.4. The topological polar surface area (TPSA) is 58.2 Å². The van der Waals surface area contributed by atoms with E-state index in [1.54, 1.807) is 31.2 Å². The number of amides is 2. The van der Waals surface area contributed by atoms with Crippen LogP contribution in [0, 0.1) is 13.8 Å². The van der Waals surface area contributed by atoms with E-state index in [0.717, 1.165) is 16.8 Å². The molecule has 0 bridgehead atoms. The van der Waals surface area contributed by atoms with Crippen molar-refractivity contribution in [3.8, 4) is 0 Å². The highest BCUT2D eigenvalue weighted by atomic mass is 35.5. The van der Waals surface area contributed by atoms with Gasteiger partial charge in [0.1, 0.15) is 0 Å². The molecule has 0 aliphatic rings. The van der Waals surface area contributed by atoms with Crippen molar-refractivity contribution >= 4 is 46.6 Å². The second-order valence-corrected chi connectivity index (χ2v) is 7.51. The highest BCUT2D eigenvalue weighted by Gasteiger charge is 2.16. The number of benzene rings is 2. The summed E-state index contributed by atoms with van der Waals surface area (Å²) in [4.78, 5) is 24.3. The third-order valence-electron chi connectivity index (χ3n) is 3.82. The van der Waals surface area contributed by atoms with Crippen LogP contribution in [0.3, 0.4) is 0 Å². The maximum Gasteiger partial charge on any atom is 0.237 e. The molecule has 0 aliphatic carbocycles. The molecule has 1 atom stereocenters. The first-order chi connectivity index (χ1) is 11.9. The molecule has 0 fully saturated rings. The van der Waals surface area contributed by atoms with Crippen LogP contribution in [0.2, 0.25) is 5.02 Å². The molecule has 25 heavy (non-hydrogen) atoms. The number of aryl methyl sites for hydroxylation is 1. The molecule has 2 aromatic rings. The lowest BCUT2D eigenvalue weighted by Gasteiger charge is -2.14. The molecule has 0 spiro atoms. The van der Waals surface area contributed by atoms with Gasteiger partial charge < -0.3 is 10.6 Å². The minimum atomic E-state index is -0.337. The van der Waals surface area contributed by atoms with E-state index >= 15 is 0 Å². The molecular formula is C19H21ClN2O2S. The quantitative estimate of drug-likeness (QED) is 0.771. The minimum Gasteiger partial charge on any atom is -0.325 e. The minimum absolute atomic E-state index is 0.113. The van der Waals surface area contributed by atoms with E-state index in [2.05, 4.69) is 10.6 Å². The molecule has 2 aromatic carbocycles. The van der Waals surface area contributed by atoms with Crippen LogP contribution in [-0.2, 0) is 9.59 Å². The van der Waals surface area contributed by atoms with Gasteiger partial charge in [-0.3, -0.25) is 9.59 Å². The number of carbonyl (C=O) groups is 2. The Balaban J connectivity index is 1.83. The molecule has 2 N–H and O–H groups in total. The standard InChI is InChI=1S/C19H21ClN2O2S/c1-12-5-4-6-17(13(12)2)22-19(24)14(3)25-11-18(23)21-16-9-7-15(20)8-10-16/h4-10,14H,11H2,1-3H3,(H,21,23)(H,22,24). The number of rotatable bonds is 6. The normalized spacial score (nSPS) is 11.7. The number of anilines is 2. The van der Waals surface area contributed by atoms with Crippen LogP contribution in [-0.4, -0.2) is 22.8 Å². The van der Waals surface area contributed by atoms with Gasteiger partial charge in [0.15, 0.2) is 0 Å². The Bertz CT molecular complexity index is 763. The summed E-state index contributed by atoms with van der Waals surface area (Å²) in [6.07, 6.45) is 0. The number of thioether (sulfide) groups is 1. The number of nitrogens with one attached hydrogen (secondary N) is 2. The Hall–Kier alpha value is -1.98. The zero-order valence-corrected chi connectivity index (χ0v) is 16.0. The van der Waals surface area contributed by atoms with E-state index in [0.29, 0.717) is 10.7 Å². The largest absolute Gasteiger partial charge is 0.325 e. The van der Waals surface area contributed by atoms with Crippen LogP contribution in [0.1, 0.15) is 18.1 Å². The molecule has 4 nitrogen and oxygen atoms in total. The summed E-state index contributed by atoms with van der Waals surface area (Å²) in [5.41, 5.74) is 3.67. The molecule has 0 radical (unpaired) electrons. The molecule has 2 rings (SSSR count). The Morgan fingerprint density at radius 1 is 1.08 bits per heavy atom. The lowest BCUT2D eigenvalue weighted by molar-refractivity contribution is -0.115. The molecule has 0 saturated carbocycles. The van der Waals surface area contributed by atoms with Gasteiger partial charge in [0.25, 0.3) is 0 Å². The summed E-state index contributed by atoms with van der Waals surface area (Å²) < 4.78 is 0. The lowest BCUT2D eigenvalue weighted by Crippen LogP contribution is -2.25. The third-order valence-corrected chi connectivity index (χ3v) is 5.22. The van der Waals surface area contributed by atoms with Crippen LogP contribution in [0.25, 0.3) is 0 Å². The highest BCUT2D eigenvalue weighted by Crippen LogP contribution is 2.20. The van der Waals surface area contributed by atoms with Crippen LogP contribution in [0.15, 0.2) is 42.5 Å². The molecule has 0 aromatic heterocycles. The SMILES string of the molecule is Cc1cccc(NC(=O)C(C)SCC(=O)Nc2ccc(Cl)cc2)c1C. The highest BCUT2D eigenvalue weighted by molar-refractivity contribution is 8.01. The van der Waals surface area contributed by atoms with E-state index in [1.807, 2.05) is 32.0 Å².